The number of amides is 1. The Morgan fingerprint density at radius 3 is 2.90 bits per heavy atom. The first-order chi connectivity index (χ1) is 9.54. The molecule has 104 valence electrons. The van der Waals surface area contributed by atoms with Crippen LogP contribution in [0.1, 0.15) is 34.9 Å². The lowest BCUT2D eigenvalue weighted by Gasteiger charge is -2.09. The van der Waals surface area contributed by atoms with Gasteiger partial charge in [-0.3, -0.25) is 4.79 Å². The second-order valence-corrected chi connectivity index (χ2v) is 6.25. The summed E-state index contributed by atoms with van der Waals surface area (Å²) in [5.74, 6) is 0.355. The fraction of sp³-hybridized carbons (Fsp3) is 0.286. The standard InChI is InChI=1S/C14H13BrClN3O/c1-8-4-13(17-6-11(8)15)18-14(20)12-5-9(16)7-19(12)10-2-3-10/h4-7,10H,2-3H2,1H3,(H,17,18,20). The maximum Gasteiger partial charge on any atom is 0.273 e. The third-order valence-corrected chi connectivity index (χ3v) is 4.31. The molecule has 0 spiro atoms. The van der Waals surface area contributed by atoms with Gasteiger partial charge in [0.15, 0.2) is 0 Å². The molecule has 1 N–H and O–H groups in total. The Balaban J connectivity index is 1.84. The van der Waals surface area contributed by atoms with E-state index in [-0.39, 0.29) is 5.91 Å². The molecule has 0 radical (unpaired) electrons. The smallest absolute Gasteiger partial charge is 0.273 e. The first-order valence-corrected chi connectivity index (χ1v) is 7.52. The molecular weight excluding hydrogens is 342 g/mol. The Kier molecular flexibility index (Phi) is 3.56. The zero-order valence-corrected chi connectivity index (χ0v) is 13.2. The van der Waals surface area contributed by atoms with Gasteiger partial charge in [0.25, 0.3) is 5.91 Å². The van der Waals surface area contributed by atoms with Crippen LogP contribution < -0.4 is 5.32 Å². The summed E-state index contributed by atoms with van der Waals surface area (Å²) in [5, 5.41) is 3.40. The predicted molar refractivity (Wildman–Crippen MR) is 82.3 cm³/mol. The lowest BCUT2D eigenvalue weighted by Crippen LogP contribution is -2.17. The molecule has 1 fully saturated rings. The third-order valence-electron chi connectivity index (χ3n) is 3.28. The summed E-state index contributed by atoms with van der Waals surface area (Å²) < 4.78 is 2.86. The maximum absolute atomic E-state index is 12.3. The van der Waals surface area contributed by atoms with Crippen LogP contribution in [0.5, 0.6) is 0 Å². The van der Waals surface area contributed by atoms with Crippen molar-refractivity contribution in [1.82, 2.24) is 9.55 Å². The number of hydrogen-bond donors (Lipinski definition) is 1. The molecule has 1 amide bonds. The minimum atomic E-state index is -0.182. The van der Waals surface area contributed by atoms with Crippen LogP contribution in [0.15, 0.2) is 29.0 Å². The Morgan fingerprint density at radius 1 is 1.50 bits per heavy atom. The monoisotopic (exact) mass is 353 g/mol. The van der Waals surface area contributed by atoms with E-state index in [1.807, 2.05) is 23.8 Å². The number of halogens is 2. The van der Waals surface area contributed by atoms with Gasteiger partial charge >= 0.3 is 0 Å². The Bertz CT molecular complexity index is 679. The molecule has 1 aliphatic rings. The predicted octanol–water partition coefficient (Wildman–Crippen LogP) is 4.19. The first kappa shape index (κ1) is 13.6. The van der Waals surface area contributed by atoms with Crippen molar-refractivity contribution < 1.29 is 4.79 Å². The molecule has 20 heavy (non-hydrogen) atoms. The molecule has 2 heterocycles. The van der Waals surface area contributed by atoms with Crippen molar-refractivity contribution in [2.45, 2.75) is 25.8 Å². The average molecular weight is 355 g/mol. The molecule has 0 bridgehead atoms. The Hall–Kier alpha value is -1.33. The Labute approximate surface area is 130 Å². The molecule has 2 aromatic heterocycles. The summed E-state index contributed by atoms with van der Waals surface area (Å²) >= 11 is 9.39. The van der Waals surface area contributed by atoms with Gasteiger partial charge in [0, 0.05) is 22.9 Å². The minimum Gasteiger partial charge on any atom is -0.339 e. The van der Waals surface area contributed by atoms with E-state index in [0.717, 1.165) is 22.9 Å². The SMILES string of the molecule is Cc1cc(NC(=O)c2cc(Cl)cn2C2CC2)ncc1Br. The number of nitrogens with zero attached hydrogens (tertiary/aromatic N) is 2. The van der Waals surface area contributed by atoms with Gasteiger partial charge in [-0.1, -0.05) is 11.6 Å². The summed E-state index contributed by atoms with van der Waals surface area (Å²) in [5.41, 5.74) is 1.60. The van der Waals surface area contributed by atoms with Gasteiger partial charge in [-0.2, -0.15) is 0 Å². The van der Waals surface area contributed by atoms with Crippen LogP contribution >= 0.6 is 27.5 Å². The van der Waals surface area contributed by atoms with Crippen molar-refractivity contribution >= 4 is 39.3 Å². The number of carbonyl (C=O) groups excluding carboxylic acids is 1. The normalized spacial score (nSPS) is 14.3. The average Bonchev–Trinajstić information content (AvgIpc) is 3.17. The lowest BCUT2D eigenvalue weighted by molar-refractivity contribution is 0.101. The maximum atomic E-state index is 12.3. The summed E-state index contributed by atoms with van der Waals surface area (Å²) in [7, 11) is 0. The van der Waals surface area contributed by atoms with E-state index in [4.69, 9.17) is 11.6 Å². The van der Waals surface area contributed by atoms with Crippen molar-refractivity contribution in [2.24, 2.45) is 0 Å². The van der Waals surface area contributed by atoms with Crippen LogP contribution in [-0.4, -0.2) is 15.5 Å². The number of hydrogen-bond acceptors (Lipinski definition) is 2. The van der Waals surface area contributed by atoms with E-state index < -0.39 is 0 Å². The highest BCUT2D eigenvalue weighted by molar-refractivity contribution is 9.10. The first-order valence-electron chi connectivity index (χ1n) is 6.35. The van der Waals surface area contributed by atoms with E-state index >= 15 is 0 Å². The molecule has 0 aromatic carbocycles. The van der Waals surface area contributed by atoms with Gasteiger partial charge in [0.05, 0.1) is 5.02 Å². The quantitative estimate of drug-likeness (QED) is 0.898. The van der Waals surface area contributed by atoms with Crippen LogP contribution in [0.25, 0.3) is 0 Å². The molecule has 4 nitrogen and oxygen atoms in total. The van der Waals surface area contributed by atoms with E-state index in [0.29, 0.717) is 22.6 Å². The highest BCUT2D eigenvalue weighted by Gasteiger charge is 2.27. The molecule has 1 saturated carbocycles. The number of nitrogens with one attached hydrogen (secondary N) is 1. The molecule has 0 aliphatic heterocycles. The minimum absolute atomic E-state index is 0.182. The second kappa shape index (κ2) is 5.22. The van der Waals surface area contributed by atoms with Crippen LogP contribution in [0.3, 0.4) is 0 Å². The van der Waals surface area contributed by atoms with Crippen LogP contribution in [0, 0.1) is 6.92 Å². The van der Waals surface area contributed by atoms with E-state index in [9.17, 15) is 4.79 Å². The summed E-state index contributed by atoms with van der Waals surface area (Å²) in [6.07, 6.45) is 5.69. The van der Waals surface area contributed by atoms with Gasteiger partial charge in [-0.15, -0.1) is 0 Å². The zero-order chi connectivity index (χ0) is 14.3. The van der Waals surface area contributed by atoms with E-state index in [2.05, 4.69) is 26.2 Å². The Morgan fingerprint density at radius 2 is 2.25 bits per heavy atom. The van der Waals surface area contributed by atoms with Crippen molar-refractivity contribution in [3.05, 3.63) is 45.3 Å². The zero-order valence-electron chi connectivity index (χ0n) is 10.9. The number of carbonyl (C=O) groups is 1. The molecule has 0 saturated heterocycles. The van der Waals surface area contributed by atoms with Gasteiger partial charge in [-0.25, -0.2) is 4.98 Å². The van der Waals surface area contributed by atoms with Gasteiger partial charge < -0.3 is 9.88 Å². The largest absolute Gasteiger partial charge is 0.339 e. The van der Waals surface area contributed by atoms with Crippen LogP contribution in [0.4, 0.5) is 5.82 Å². The van der Waals surface area contributed by atoms with Gasteiger partial charge in [0.2, 0.25) is 0 Å². The number of anilines is 1. The number of aromatic nitrogens is 2. The molecule has 6 heteroatoms. The second-order valence-electron chi connectivity index (χ2n) is 4.95. The summed E-state index contributed by atoms with van der Waals surface area (Å²) in [4.78, 5) is 16.5. The highest BCUT2D eigenvalue weighted by atomic mass is 79.9. The van der Waals surface area contributed by atoms with E-state index in [1.165, 1.54) is 0 Å². The fourth-order valence-electron chi connectivity index (χ4n) is 2.07. The lowest BCUT2D eigenvalue weighted by atomic mass is 10.3. The van der Waals surface area contributed by atoms with Crippen molar-refractivity contribution in [1.29, 1.82) is 0 Å². The molecular formula is C14H13BrClN3O. The highest BCUT2D eigenvalue weighted by Crippen LogP contribution is 2.37. The summed E-state index contributed by atoms with van der Waals surface area (Å²) in [6, 6.07) is 3.93. The molecule has 0 atom stereocenters. The third kappa shape index (κ3) is 2.74. The fourth-order valence-corrected chi connectivity index (χ4v) is 2.50. The van der Waals surface area contributed by atoms with Gasteiger partial charge in [0.1, 0.15) is 11.5 Å². The summed E-state index contributed by atoms with van der Waals surface area (Å²) in [6.45, 7) is 1.95. The molecule has 0 unspecified atom stereocenters. The van der Waals surface area contributed by atoms with Crippen molar-refractivity contribution in [3.63, 3.8) is 0 Å². The van der Waals surface area contributed by atoms with Gasteiger partial charge in [-0.05, 0) is 53.4 Å². The van der Waals surface area contributed by atoms with Crippen molar-refractivity contribution in [2.75, 3.05) is 5.32 Å². The molecule has 3 rings (SSSR count). The number of pyridine rings is 1. The van der Waals surface area contributed by atoms with Crippen LogP contribution in [-0.2, 0) is 0 Å². The van der Waals surface area contributed by atoms with Crippen molar-refractivity contribution in [3.8, 4) is 0 Å². The topological polar surface area (TPSA) is 46.9 Å². The number of rotatable bonds is 3. The van der Waals surface area contributed by atoms with E-state index in [1.54, 1.807) is 12.3 Å². The van der Waals surface area contributed by atoms with Crippen LogP contribution in [0.2, 0.25) is 5.02 Å². The molecule has 1 aliphatic carbocycles. The number of aryl methyl sites for hydroxylation is 1. The molecule has 2 aromatic rings.